The van der Waals surface area contributed by atoms with E-state index in [4.69, 9.17) is 16.3 Å². The van der Waals surface area contributed by atoms with Gasteiger partial charge in [-0.05, 0) is 18.4 Å². The molecule has 1 aliphatic carbocycles. The molecule has 1 heterocycles. The van der Waals surface area contributed by atoms with Crippen molar-refractivity contribution in [3.63, 3.8) is 0 Å². The smallest absolute Gasteiger partial charge is 0.213 e. The maximum atomic E-state index is 5.70. The Morgan fingerprint density at radius 3 is 2.93 bits per heavy atom. The highest BCUT2D eigenvalue weighted by atomic mass is 35.5. The molecule has 0 aromatic carbocycles. The summed E-state index contributed by atoms with van der Waals surface area (Å²) in [4.78, 5) is 4.28. The lowest BCUT2D eigenvalue weighted by molar-refractivity contribution is 0.217. The minimum atomic E-state index is 0.444. The average Bonchev–Trinajstić information content (AvgIpc) is 2.22. The summed E-state index contributed by atoms with van der Waals surface area (Å²) in [6.45, 7) is 0.781. The maximum Gasteiger partial charge on any atom is 0.213 e. The lowest BCUT2D eigenvalue weighted by atomic mass is 9.83. The minimum Gasteiger partial charge on any atom is -0.478 e. The molecule has 0 aliphatic heterocycles. The van der Waals surface area contributed by atoms with E-state index in [0.29, 0.717) is 11.8 Å². The fourth-order valence-corrected chi connectivity index (χ4v) is 1.87. The zero-order valence-corrected chi connectivity index (χ0v) is 9.54. The first-order valence-electron chi connectivity index (χ1n) is 5.53. The Labute approximate surface area is 95.6 Å². The third-order valence-corrected chi connectivity index (χ3v) is 3.19. The molecule has 0 bridgehead atoms. The van der Waals surface area contributed by atoms with Crippen LogP contribution in [0.15, 0.2) is 18.2 Å². The lowest BCUT2D eigenvalue weighted by Gasteiger charge is -2.24. The molecular formula is C12H16ClNO. The third-order valence-electron chi connectivity index (χ3n) is 2.92. The van der Waals surface area contributed by atoms with Gasteiger partial charge in [0.25, 0.3) is 0 Å². The first-order valence-corrected chi connectivity index (χ1v) is 6.06. The van der Waals surface area contributed by atoms with E-state index in [1.807, 2.05) is 18.2 Å². The number of nitrogens with zero attached hydrogens (tertiary/aromatic N) is 1. The van der Waals surface area contributed by atoms with Crippen LogP contribution in [0.25, 0.3) is 0 Å². The van der Waals surface area contributed by atoms with E-state index in [0.717, 1.165) is 24.6 Å². The van der Waals surface area contributed by atoms with Gasteiger partial charge in [-0.15, -0.1) is 11.6 Å². The summed E-state index contributed by atoms with van der Waals surface area (Å²) in [6.07, 6.45) is 5.30. The number of ether oxygens (including phenoxy) is 1. The van der Waals surface area contributed by atoms with Gasteiger partial charge in [0.2, 0.25) is 5.88 Å². The molecule has 0 radical (unpaired) electrons. The van der Waals surface area contributed by atoms with Crippen LogP contribution >= 0.6 is 11.6 Å². The molecule has 0 amide bonds. The molecule has 82 valence electrons. The molecule has 0 spiro atoms. The molecule has 0 N–H and O–H groups in total. The quantitative estimate of drug-likeness (QED) is 0.717. The highest BCUT2D eigenvalue weighted by Crippen LogP contribution is 2.29. The van der Waals surface area contributed by atoms with Crippen molar-refractivity contribution in [2.24, 2.45) is 5.92 Å². The molecule has 1 aliphatic rings. The molecule has 3 heteroatoms. The highest BCUT2D eigenvalue weighted by molar-refractivity contribution is 6.16. The van der Waals surface area contributed by atoms with Gasteiger partial charge >= 0.3 is 0 Å². The van der Waals surface area contributed by atoms with E-state index >= 15 is 0 Å². The van der Waals surface area contributed by atoms with Crippen molar-refractivity contribution in [1.29, 1.82) is 0 Å². The number of aromatic nitrogens is 1. The van der Waals surface area contributed by atoms with Gasteiger partial charge in [-0.25, -0.2) is 4.98 Å². The fourth-order valence-electron chi connectivity index (χ4n) is 1.72. The second-order valence-corrected chi connectivity index (χ2v) is 4.30. The third kappa shape index (κ3) is 3.10. The fraction of sp³-hybridized carbons (Fsp3) is 0.583. The van der Waals surface area contributed by atoms with Crippen LogP contribution in [0.3, 0.4) is 0 Å². The van der Waals surface area contributed by atoms with Crippen molar-refractivity contribution in [1.82, 2.24) is 4.98 Å². The molecule has 1 aromatic heterocycles. The van der Waals surface area contributed by atoms with Crippen molar-refractivity contribution in [2.45, 2.75) is 31.6 Å². The minimum absolute atomic E-state index is 0.444. The predicted molar refractivity (Wildman–Crippen MR) is 61.2 cm³/mol. The summed E-state index contributed by atoms with van der Waals surface area (Å²) in [5.41, 5.74) is 0.873. The van der Waals surface area contributed by atoms with Crippen molar-refractivity contribution in [2.75, 3.05) is 6.61 Å². The van der Waals surface area contributed by atoms with Gasteiger partial charge in [0, 0.05) is 6.07 Å². The van der Waals surface area contributed by atoms with Gasteiger partial charge in [-0.3, -0.25) is 0 Å². The van der Waals surface area contributed by atoms with E-state index in [-0.39, 0.29) is 0 Å². The number of halogens is 1. The molecule has 15 heavy (non-hydrogen) atoms. The Morgan fingerprint density at radius 2 is 2.27 bits per heavy atom. The largest absolute Gasteiger partial charge is 0.478 e. The summed E-state index contributed by atoms with van der Waals surface area (Å²) in [7, 11) is 0. The van der Waals surface area contributed by atoms with Crippen LogP contribution in [0.2, 0.25) is 0 Å². The highest BCUT2D eigenvalue weighted by Gasteiger charge is 2.16. The van der Waals surface area contributed by atoms with Crippen LogP contribution in [-0.2, 0) is 5.88 Å². The van der Waals surface area contributed by atoms with Gasteiger partial charge in [-0.1, -0.05) is 25.3 Å². The maximum absolute atomic E-state index is 5.70. The Kier molecular flexibility index (Phi) is 3.84. The monoisotopic (exact) mass is 225 g/mol. The Bertz CT molecular complexity index is 312. The molecule has 2 rings (SSSR count). The SMILES string of the molecule is ClCc1cccc(OCCC2CCC2)n1. The Balaban J connectivity index is 1.76. The molecule has 1 saturated carbocycles. The molecular weight excluding hydrogens is 210 g/mol. The Hall–Kier alpha value is -0.760. The standard InChI is InChI=1S/C12H16ClNO/c13-9-11-5-2-6-12(14-11)15-8-7-10-3-1-4-10/h2,5-6,10H,1,3-4,7-9H2. The van der Waals surface area contributed by atoms with E-state index in [9.17, 15) is 0 Å². The lowest BCUT2D eigenvalue weighted by Crippen LogP contribution is -2.14. The van der Waals surface area contributed by atoms with Crippen LogP contribution < -0.4 is 4.74 Å². The van der Waals surface area contributed by atoms with Crippen LogP contribution in [0.4, 0.5) is 0 Å². The zero-order valence-electron chi connectivity index (χ0n) is 8.79. The number of alkyl halides is 1. The predicted octanol–water partition coefficient (Wildman–Crippen LogP) is 3.39. The van der Waals surface area contributed by atoms with E-state index in [1.165, 1.54) is 19.3 Å². The second-order valence-electron chi connectivity index (χ2n) is 4.03. The second kappa shape index (κ2) is 5.36. The van der Waals surface area contributed by atoms with Crippen LogP contribution in [-0.4, -0.2) is 11.6 Å². The van der Waals surface area contributed by atoms with Gasteiger partial charge in [-0.2, -0.15) is 0 Å². The summed E-state index contributed by atoms with van der Waals surface area (Å²) >= 11 is 5.70. The molecule has 1 aromatic rings. The van der Waals surface area contributed by atoms with Crippen molar-refractivity contribution < 1.29 is 4.74 Å². The van der Waals surface area contributed by atoms with Gasteiger partial charge in [0.1, 0.15) is 0 Å². The van der Waals surface area contributed by atoms with Gasteiger partial charge < -0.3 is 4.74 Å². The molecule has 2 nitrogen and oxygen atoms in total. The van der Waals surface area contributed by atoms with Crippen molar-refractivity contribution >= 4 is 11.6 Å². The number of hydrogen-bond donors (Lipinski definition) is 0. The van der Waals surface area contributed by atoms with E-state index in [2.05, 4.69) is 4.98 Å². The summed E-state index contributed by atoms with van der Waals surface area (Å²) in [5.74, 6) is 2.04. The number of rotatable bonds is 5. The first-order chi connectivity index (χ1) is 7.38. The topological polar surface area (TPSA) is 22.1 Å². The van der Waals surface area contributed by atoms with Crippen LogP contribution in [0.5, 0.6) is 5.88 Å². The average molecular weight is 226 g/mol. The summed E-state index contributed by atoms with van der Waals surface area (Å²) in [6, 6.07) is 5.73. The molecule has 1 fully saturated rings. The summed E-state index contributed by atoms with van der Waals surface area (Å²) in [5, 5.41) is 0. The summed E-state index contributed by atoms with van der Waals surface area (Å²) < 4.78 is 5.59. The van der Waals surface area contributed by atoms with Gasteiger partial charge in [0.05, 0.1) is 18.2 Å². The van der Waals surface area contributed by atoms with E-state index < -0.39 is 0 Å². The van der Waals surface area contributed by atoms with Crippen molar-refractivity contribution in [3.05, 3.63) is 23.9 Å². The zero-order chi connectivity index (χ0) is 10.5. The van der Waals surface area contributed by atoms with Gasteiger partial charge in [0.15, 0.2) is 0 Å². The Morgan fingerprint density at radius 1 is 1.40 bits per heavy atom. The number of hydrogen-bond acceptors (Lipinski definition) is 2. The number of pyridine rings is 1. The molecule has 0 unspecified atom stereocenters. The van der Waals surface area contributed by atoms with E-state index in [1.54, 1.807) is 0 Å². The van der Waals surface area contributed by atoms with Crippen LogP contribution in [0, 0.1) is 5.92 Å². The normalized spacial score (nSPS) is 16.1. The van der Waals surface area contributed by atoms with Crippen LogP contribution in [0.1, 0.15) is 31.4 Å². The first kappa shape index (κ1) is 10.7. The molecule has 0 saturated heterocycles. The molecule has 0 atom stereocenters. The van der Waals surface area contributed by atoms with Crippen molar-refractivity contribution in [3.8, 4) is 5.88 Å².